The van der Waals surface area contributed by atoms with Crippen LogP contribution >= 0.6 is 0 Å². The molecule has 0 saturated carbocycles. The molecule has 4 amide bonds. The number of hydrogen-bond donors (Lipinski definition) is 2. The van der Waals surface area contributed by atoms with Crippen LogP contribution in [0.4, 0.5) is 19.7 Å². The van der Waals surface area contributed by atoms with Gasteiger partial charge in [-0.25, -0.2) is 14.0 Å². The van der Waals surface area contributed by atoms with E-state index in [1.165, 1.54) is 12.1 Å². The van der Waals surface area contributed by atoms with Gasteiger partial charge >= 0.3 is 12.1 Å². The van der Waals surface area contributed by atoms with E-state index in [0.29, 0.717) is 44.6 Å². The summed E-state index contributed by atoms with van der Waals surface area (Å²) in [6.07, 6.45) is 0. The minimum Gasteiger partial charge on any atom is -0.336 e. The zero-order valence-electron chi connectivity index (χ0n) is 23.8. The summed E-state index contributed by atoms with van der Waals surface area (Å²) in [5, 5.41) is 6.19. The molecule has 0 bridgehead atoms. The van der Waals surface area contributed by atoms with Crippen molar-refractivity contribution in [2.75, 3.05) is 44.6 Å². The lowest BCUT2D eigenvalue weighted by Crippen LogP contribution is -2.52. The van der Waals surface area contributed by atoms with Crippen molar-refractivity contribution in [1.29, 1.82) is 0 Å². The normalized spacial score (nSPS) is 14.3. The van der Waals surface area contributed by atoms with Crippen LogP contribution in [-0.2, 0) is 6.54 Å². The van der Waals surface area contributed by atoms with Crippen molar-refractivity contribution >= 4 is 17.7 Å². The Balaban J connectivity index is 1.57. The molecule has 2 aromatic rings. The smallest absolute Gasteiger partial charge is 0.321 e. The minimum absolute atomic E-state index is 0.0253. The van der Waals surface area contributed by atoms with Gasteiger partial charge in [0.1, 0.15) is 5.82 Å². The highest BCUT2D eigenvalue weighted by atomic mass is 19.1. The zero-order valence-corrected chi connectivity index (χ0v) is 23.8. The maximum absolute atomic E-state index is 13.3. The average molecular weight is 526 g/mol. The van der Waals surface area contributed by atoms with E-state index in [1.807, 2.05) is 18.7 Å². The summed E-state index contributed by atoms with van der Waals surface area (Å²) >= 11 is 0. The Labute approximate surface area is 227 Å². The van der Waals surface area contributed by atoms with Crippen LogP contribution in [0.3, 0.4) is 0 Å². The summed E-state index contributed by atoms with van der Waals surface area (Å²) < 4.78 is 13.3. The van der Waals surface area contributed by atoms with Crippen LogP contribution in [0.1, 0.15) is 70.1 Å². The first-order chi connectivity index (χ1) is 18.0. The van der Waals surface area contributed by atoms with Gasteiger partial charge in [0.15, 0.2) is 0 Å². The molecule has 1 saturated heterocycles. The summed E-state index contributed by atoms with van der Waals surface area (Å²) in [6, 6.07) is 12.4. The Kier molecular flexibility index (Phi) is 10.5. The molecule has 0 radical (unpaired) electrons. The fraction of sp³-hybridized carbons (Fsp3) is 0.533. The largest absolute Gasteiger partial charge is 0.336 e. The fourth-order valence-electron chi connectivity index (χ4n) is 4.72. The monoisotopic (exact) mass is 525 g/mol. The summed E-state index contributed by atoms with van der Waals surface area (Å²) in [5.74, 6) is 0.333. The molecule has 1 fully saturated rings. The van der Waals surface area contributed by atoms with E-state index in [-0.39, 0.29) is 23.9 Å². The van der Waals surface area contributed by atoms with Crippen LogP contribution < -0.4 is 10.6 Å². The molecule has 1 aliphatic heterocycles. The zero-order chi connectivity index (χ0) is 27.8. The van der Waals surface area contributed by atoms with Crippen LogP contribution in [0.25, 0.3) is 0 Å². The summed E-state index contributed by atoms with van der Waals surface area (Å²) in [6.45, 7) is 16.9. The number of hydrogen-bond acceptors (Lipinski definition) is 3. The van der Waals surface area contributed by atoms with E-state index < -0.39 is 0 Å². The number of anilines is 1. The molecule has 0 aromatic heterocycles. The van der Waals surface area contributed by atoms with Crippen LogP contribution in [0.2, 0.25) is 0 Å². The van der Waals surface area contributed by atoms with E-state index in [9.17, 15) is 14.0 Å². The third-order valence-electron chi connectivity index (χ3n) is 6.94. The molecule has 0 unspecified atom stereocenters. The Morgan fingerprint density at radius 2 is 1.47 bits per heavy atom. The fourth-order valence-corrected chi connectivity index (χ4v) is 4.72. The van der Waals surface area contributed by atoms with E-state index in [1.54, 1.807) is 17.0 Å². The third kappa shape index (κ3) is 8.18. The number of rotatable bonds is 9. The van der Waals surface area contributed by atoms with Crippen molar-refractivity contribution < 1.29 is 14.0 Å². The lowest BCUT2D eigenvalue weighted by atomic mass is 9.93. The maximum Gasteiger partial charge on any atom is 0.321 e. The molecule has 38 heavy (non-hydrogen) atoms. The van der Waals surface area contributed by atoms with Gasteiger partial charge in [0.05, 0.1) is 0 Å². The van der Waals surface area contributed by atoms with Gasteiger partial charge in [0, 0.05) is 57.5 Å². The Morgan fingerprint density at radius 3 is 2.00 bits per heavy atom. The van der Waals surface area contributed by atoms with Crippen molar-refractivity contribution in [3.63, 3.8) is 0 Å². The van der Waals surface area contributed by atoms with Crippen LogP contribution in [-0.4, -0.2) is 72.1 Å². The number of para-hydroxylation sites is 1. The lowest BCUT2D eigenvalue weighted by Gasteiger charge is -2.36. The van der Waals surface area contributed by atoms with Crippen molar-refractivity contribution in [3.05, 3.63) is 65.0 Å². The molecule has 1 aliphatic rings. The quantitative estimate of drug-likeness (QED) is 0.432. The number of carbonyl (C=O) groups excluding carboxylic acids is 2. The second-order valence-electron chi connectivity index (χ2n) is 11.0. The van der Waals surface area contributed by atoms with E-state index in [0.717, 1.165) is 35.5 Å². The number of nitrogens with one attached hydrogen (secondary N) is 2. The highest BCUT2D eigenvalue weighted by molar-refractivity contribution is 5.91. The molecule has 208 valence electrons. The number of halogens is 1. The van der Waals surface area contributed by atoms with Crippen molar-refractivity contribution in [1.82, 2.24) is 20.0 Å². The molecule has 2 N–H and O–H groups in total. The number of piperazine rings is 1. The first-order valence-electron chi connectivity index (χ1n) is 13.8. The molecule has 1 heterocycles. The van der Waals surface area contributed by atoms with Gasteiger partial charge < -0.3 is 20.4 Å². The van der Waals surface area contributed by atoms with Crippen LogP contribution in [0.5, 0.6) is 0 Å². The lowest BCUT2D eigenvalue weighted by molar-refractivity contribution is 0.133. The minimum atomic E-state index is -0.290. The molecule has 0 spiro atoms. The van der Waals surface area contributed by atoms with Crippen molar-refractivity contribution in [2.24, 2.45) is 0 Å². The molecule has 2 aromatic carbocycles. The van der Waals surface area contributed by atoms with Gasteiger partial charge in [0.2, 0.25) is 0 Å². The highest BCUT2D eigenvalue weighted by Crippen LogP contribution is 2.32. The predicted molar refractivity (Wildman–Crippen MR) is 152 cm³/mol. The molecule has 8 heteroatoms. The Bertz CT molecular complexity index is 1040. The summed E-state index contributed by atoms with van der Waals surface area (Å²) in [4.78, 5) is 32.0. The molecular formula is C30H44FN5O2. The molecule has 0 aliphatic carbocycles. The van der Waals surface area contributed by atoms with Gasteiger partial charge in [-0.2, -0.15) is 0 Å². The van der Waals surface area contributed by atoms with Gasteiger partial charge in [-0.1, -0.05) is 58.0 Å². The molecule has 0 atom stereocenters. The van der Waals surface area contributed by atoms with E-state index in [2.05, 4.69) is 61.4 Å². The van der Waals surface area contributed by atoms with Crippen molar-refractivity contribution in [2.45, 2.75) is 66.0 Å². The second kappa shape index (κ2) is 13.6. The third-order valence-corrected chi connectivity index (χ3v) is 6.94. The number of benzene rings is 2. The van der Waals surface area contributed by atoms with Crippen LogP contribution in [0, 0.1) is 5.82 Å². The van der Waals surface area contributed by atoms with E-state index >= 15 is 0 Å². The maximum atomic E-state index is 13.3. The average Bonchev–Trinajstić information content (AvgIpc) is 2.87. The SMILES string of the molecule is CC(C)NC(=O)N(CCN1CCN(C(=O)Nc2c(C(C)C)cccc2C(C)C)CC1)Cc1ccc(F)cc1. The second-order valence-corrected chi connectivity index (χ2v) is 11.0. The first-order valence-corrected chi connectivity index (χ1v) is 13.8. The number of amides is 4. The Hall–Kier alpha value is -3.13. The number of carbonyl (C=O) groups is 2. The first kappa shape index (κ1) is 29.4. The highest BCUT2D eigenvalue weighted by Gasteiger charge is 2.24. The van der Waals surface area contributed by atoms with Gasteiger partial charge in [-0.3, -0.25) is 4.90 Å². The van der Waals surface area contributed by atoms with Crippen molar-refractivity contribution in [3.8, 4) is 0 Å². The van der Waals surface area contributed by atoms with Gasteiger partial charge in [-0.05, 0) is 54.5 Å². The molecule has 3 rings (SSSR count). The standard InChI is InChI=1S/C30H44FN5O2/c1-21(2)26-8-7-9-27(22(3)4)28(26)33-30(38)35-17-14-34(15-18-35)16-19-36(29(37)32-23(5)6)20-24-10-12-25(31)13-11-24/h7-13,21-23H,14-20H2,1-6H3,(H,32,37)(H,33,38). The topological polar surface area (TPSA) is 67.9 Å². The van der Waals surface area contributed by atoms with Crippen LogP contribution in [0.15, 0.2) is 42.5 Å². The number of nitrogens with zero attached hydrogens (tertiary/aromatic N) is 3. The molecular weight excluding hydrogens is 481 g/mol. The van der Waals surface area contributed by atoms with E-state index in [4.69, 9.17) is 0 Å². The molecule has 7 nitrogen and oxygen atoms in total. The number of urea groups is 2. The van der Waals surface area contributed by atoms with Gasteiger partial charge in [0.25, 0.3) is 0 Å². The summed E-state index contributed by atoms with van der Waals surface area (Å²) in [5.41, 5.74) is 4.14. The Morgan fingerprint density at radius 1 is 0.895 bits per heavy atom. The predicted octanol–water partition coefficient (Wildman–Crippen LogP) is 5.84. The summed E-state index contributed by atoms with van der Waals surface area (Å²) in [7, 11) is 0. The van der Waals surface area contributed by atoms with Gasteiger partial charge in [-0.15, -0.1) is 0 Å².